The van der Waals surface area contributed by atoms with Gasteiger partial charge in [0.25, 0.3) is 0 Å². The van der Waals surface area contributed by atoms with Gasteiger partial charge in [0.05, 0.1) is 6.10 Å². The van der Waals surface area contributed by atoms with Gasteiger partial charge < -0.3 is 5.11 Å². The fourth-order valence-corrected chi connectivity index (χ4v) is 2.45. The lowest BCUT2D eigenvalue weighted by Crippen LogP contribution is -2.15. The van der Waals surface area contributed by atoms with Gasteiger partial charge >= 0.3 is 0 Å². The third kappa shape index (κ3) is 1.76. The molecule has 1 N–H and O–H groups in total. The average molecular weight is 204 g/mol. The van der Waals surface area contributed by atoms with Crippen molar-refractivity contribution in [2.45, 2.75) is 44.6 Å². The van der Waals surface area contributed by atoms with Crippen LogP contribution in [0.5, 0.6) is 0 Å². The Bertz CT molecular complexity index is 374. The predicted octanol–water partition coefficient (Wildman–Crippen LogP) is 1.28. The highest BCUT2D eigenvalue weighted by molar-refractivity contribution is 5.29. The van der Waals surface area contributed by atoms with E-state index in [9.17, 15) is 5.11 Å². The summed E-state index contributed by atoms with van der Waals surface area (Å²) in [4.78, 5) is 8.62. The SMILES string of the molecule is OC(Cc1ncnc2c1CCC2)C1CC1. The Balaban J connectivity index is 1.82. The van der Waals surface area contributed by atoms with Gasteiger partial charge in [-0.15, -0.1) is 0 Å². The van der Waals surface area contributed by atoms with Crippen LogP contribution >= 0.6 is 0 Å². The Kier molecular flexibility index (Phi) is 2.20. The van der Waals surface area contributed by atoms with E-state index in [0.717, 1.165) is 25.0 Å². The maximum atomic E-state index is 9.91. The summed E-state index contributed by atoms with van der Waals surface area (Å²) in [7, 11) is 0. The van der Waals surface area contributed by atoms with E-state index in [-0.39, 0.29) is 6.10 Å². The quantitative estimate of drug-likeness (QED) is 0.806. The van der Waals surface area contributed by atoms with Gasteiger partial charge in [-0.3, -0.25) is 0 Å². The summed E-state index contributed by atoms with van der Waals surface area (Å²) in [6.07, 6.45) is 7.97. The van der Waals surface area contributed by atoms with Crippen LogP contribution in [0.1, 0.15) is 36.2 Å². The molecule has 0 aromatic carbocycles. The van der Waals surface area contributed by atoms with Crippen LogP contribution in [0.25, 0.3) is 0 Å². The molecule has 3 nitrogen and oxygen atoms in total. The van der Waals surface area contributed by atoms with Crippen LogP contribution in [-0.2, 0) is 19.3 Å². The first-order valence-corrected chi connectivity index (χ1v) is 5.84. The molecule has 1 heterocycles. The van der Waals surface area contributed by atoms with Gasteiger partial charge in [-0.25, -0.2) is 9.97 Å². The molecule has 0 aliphatic heterocycles. The zero-order valence-electron chi connectivity index (χ0n) is 8.82. The Labute approximate surface area is 89.6 Å². The van der Waals surface area contributed by atoms with E-state index in [1.165, 1.54) is 30.5 Å². The van der Waals surface area contributed by atoms with Crippen molar-refractivity contribution in [3.8, 4) is 0 Å². The largest absolute Gasteiger partial charge is 0.392 e. The number of hydrogen-bond donors (Lipinski definition) is 1. The van der Waals surface area contributed by atoms with Crippen molar-refractivity contribution >= 4 is 0 Å². The molecule has 2 aliphatic carbocycles. The topological polar surface area (TPSA) is 46.0 Å². The zero-order valence-corrected chi connectivity index (χ0v) is 8.82. The summed E-state index contributed by atoms with van der Waals surface area (Å²) in [5.74, 6) is 0.539. The lowest BCUT2D eigenvalue weighted by molar-refractivity contribution is 0.150. The molecular formula is C12H16N2O. The molecule has 0 saturated heterocycles. The maximum Gasteiger partial charge on any atom is 0.115 e. The number of nitrogens with zero attached hydrogens (tertiary/aromatic N) is 2. The zero-order chi connectivity index (χ0) is 10.3. The highest BCUT2D eigenvalue weighted by Gasteiger charge is 2.31. The molecular weight excluding hydrogens is 188 g/mol. The minimum absolute atomic E-state index is 0.176. The Morgan fingerprint density at radius 2 is 2.20 bits per heavy atom. The van der Waals surface area contributed by atoms with Gasteiger partial charge in [0.1, 0.15) is 6.33 Å². The molecule has 1 unspecified atom stereocenters. The average Bonchev–Trinajstić information content (AvgIpc) is 2.97. The third-order valence-corrected chi connectivity index (χ3v) is 3.53. The van der Waals surface area contributed by atoms with Crippen LogP contribution in [0.15, 0.2) is 6.33 Å². The lowest BCUT2D eigenvalue weighted by Gasteiger charge is -2.11. The molecule has 1 aromatic rings. The molecule has 2 aliphatic rings. The standard InChI is InChI=1S/C12H16N2O/c15-12(8-4-5-8)6-11-9-2-1-3-10(9)13-7-14-11/h7-8,12,15H,1-6H2. The smallest absolute Gasteiger partial charge is 0.115 e. The van der Waals surface area contributed by atoms with Gasteiger partial charge in [0, 0.05) is 17.8 Å². The Hall–Kier alpha value is -0.960. The Morgan fingerprint density at radius 1 is 1.33 bits per heavy atom. The molecule has 3 heteroatoms. The summed E-state index contributed by atoms with van der Waals surface area (Å²) in [6.45, 7) is 0. The number of aromatic nitrogens is 2. The summed E-state index contributed by atoms with van der Waals surface area (Å²) >= 11 is 0. The third-order valence-electron chi connectivity index (χ3n) is 3.53. The predicted molar refractivity (Wildman–Crippen MR) is 56.5 cm³/mol. The first-order valence-electron chi connectivity index (χ1n) is 5.84. The van der Waals surface area contributed by atoms with E-state index in [2.05, 4.69) is 9.97 Å². The minimum Gasteiger partial charge on any atom is -0.392 e. The first-order chi connectivity index (χ1) is 7.34. The lowest BCUT2D eigenvalue weighted by atomic mass is 10.0. The van der Waals surface area contributed by atoms with Gasteiger partial charge in [0.15, 0.2) is 0 Å². The monoisotopic (exact) mass is 204 g/mol. The van der Waals surface area contributed by atoms with Crippen molar-refractivity contribution in [2.24, 2.45) is 5.92 Å². The number of hydrogen-bond acceptors (Lipinski definition) is 3. The summed E-state index contributed by atoms with van der Waals surface area (Å²) in [6, 6.07) is 0. The normalized spacial score (nSPS) is 21.4. The number of aryl methyl sites for hydroxylation is 1. The van der Waals surface area contributed by atoms with Gasteiger partial charge in [-0.05, 0) is 43.6 Å². The van der Waals surface area contributed by atoms with Crippen LogP contribution < -0.4 is 0 Å². The molecule has 0 spiro atoms. The van der Waals surface area contributed by atoms with Crippen molar-refractivity contribution in [3.63, 3.8) is 0 Å². The van der Waals surface area contributed by atoms with Gasteiger partial charge in [-0.2, -0.15) is 0 Å². The number of aliphatic hydroxyl groups excluding tert-OH is 1. The van der Waals surface area contributed by atoms with Crippen molar-refractivity contribution in [2.75, 3.05) is 0 Å². The molecule has 1 saturated carbocycles. The maximum absolute atomic E-state index is 9.91. The summed E-state index contributed by atoms with van der Waals surface area (Å²) < 4.78 is 0. The molecule has 0 radical (unpaired) electrons. The van der Waals surface area contributed by atoms with E-state index in [1.807, 2.05) is 0 Å². The number of fused-ring (bicyclic) bond motifs is 1. The molecule has 0 bridgehead atoms. The van der Waals surface area contributed by atoms with Crippen LogP contribution in [-0.4, -0.2) is 21.2 Å². The van der Waals surface area contributed by atoms with E-state index >= 15 is 0 Å². The molecule has 1 aromatic heterocycles. The number of aliphatic hydroxyl groups is 1. The van der Waals surface area contributed by atoms with Crippen LogP contribution in [0, 0.1) is 5.92 Å². The van der Waals surface area contributed by atoms with Gasteiger partial charge in [0.2, 0.25) is 0 Å². The van der Waals surface area contributed by atoms with E-state index in [1.54, 1.807) is 6.33 Å². The van der Waals surface area contributed by atoms with Crippen molar-refractivity contribution in [1.29, 1.82) is 0 Å². The molecule has 1 fully saturated rings. The second-order valence-corrected chi connectivity index (χ2v) is 4.71. The molecule has 0 amide bonds. The van der Waals surface area contributed by atoms with Crippen molar-refractivity contribution in [3.05, 3.63) is 23.3 Å². The van der Waals surface area contributed by atoms with Gasteiger partial charge in [-0.1, -0.05) is 0 Å². The second-order valence-electron chi connectivity index (χ2n) is 4.71. The van der Waals surface area contributed by atoms with Crippen LogP contribution in [0.3, 0.4) is 0 Å². The minimum atomic E-state index is -0.176. The second kappa shape index (κ2) is 3.56. The van der Waals surface area contributed by atoms with Crippen molar-refractivity contribution < 1.29 is 5.11 Å². The van der Waals surface area contributed by atoms with Crippen LogP contribution in [0.2, 0.25) is 0 Å². The number of rotatable bonds is 3. The van der Waals surface area contributed by atoms with Crippen molar-refractivity contribution in [1.82, 2.24) is 9.97 Å². The molecule has 1 atom stereocenters. The summed E-state index contributed by atoms with van der Waals surface area (Å²) in [5, 5.41) is 9.91. The highest BCUT2D eigenvalue weighted by Crippen LogP contribution is 2.34. The highest BCUT2D eigenvalue weighted by atomic mass is 16.3. The van der Waals surface area contributed by atoms with E-state index < -0.39 is 0 Å². The van der Waals surface area contributed by atoms with E-state index in [0.29, 0.717) is 5.92 Å². The fraction of sp³-hybridized carbons (Fsp3) is 0.667. The molecule has 15 heavy (non-hydrogen) atoms. The Morgan fingerprint density at radius 3 is 3.00 bits per heavy atom. The van der Waals surface area contributed by atoms with E-state index in [4.69, 9.17) is 0 Å². The van der Waals surface area contributed by atoms with Crippen LogP contribution in [0.4, 0.5) is 0 Å². The molecule has 80 valence electrons. The summed E-state index contributed by atoms with van der Waals surface area (Å²) in [5.41, 5.74) is 3.62. The molecule has 3 rings (SSSR count). The first kappa shape index (κ1) is 9.28. The fourth-order valence-electron chi connectivity index (χ4n) is 2.45.